The fourth-order valence-corrected chi connectivity index (χ4v) is 11.8. The number of para-hydroxylation sites is 4. The van der Waals surface area contributed by atoms with E-state index in [9.17, 15) is 5.26 Å². The van der Waals surface area contributed by atoms with Gasteiger partial charge in [-0.3, -0.25) is 0 Å². The Balaban J connectivity index is 1.08. The molecule has 0 atom stereocenters. The third-order valence-electron chi connectivity index (χ3n) is 15.3. The van der Waals surface area contributed by atoms with Gasteiger partial charge in [0.15, 0.2) is 23.2 Å². The van der Waals surface area contributed by atoms with E-state index in [4.69, 9.17) is 21.5 Å². The van der Waals surface area contributed by atoms with Crippen LogP contribution in [0.4, 0.5) is 5.69 Å². The lowest BCUT2D eigenvalue weighted by molar-refractivity contribution is 1.07. The number of fused-ring (bicyclic) bond motifs is 9. The lowest BCUT2D eigenvalue weighted by Crippen LogP contribution is -2.04. The maximum atomic E-state index is 10.5. The van der Waals surface area contributed by atoms with Gasteiger partial charge in [0, 0.05) is 71.5 Å². The first-order valence-corrected chi connectivity index (χ1v) is 26.2. The summed E-state index contributed by atoms with van der Waals surface area (Å²) in [5, 5.41) is 17.4. The van der Waals surface area contributed by atoms with E-state index in [-0.39, 0.29) is 0 Å². The number of nitrogens with zero attached hydrogens (tertiary/aromatic N) is 8. The van der Waals surface area contributed by atoms with Crippen molar-refractivity contribution in [3.05, 3.63) is 272 Å². The summed E-state index contributed by atoms with van der Waals surface area (Å²) in [6.45, 7) is 8.24. The first-order chi connectivity index (χ1) is 39.1. The molecular formula is C71H42N8. The standard InChI is InChI=1S/C71H42N8/c1-73-51-25-17-24-49(39-51)59-41-50(71-75-69(46-19-4-2-5-20-46)74-70(76-71)47-21-6-3-7-22-47)40-58(48-23-16-18-45(38-48)44-72)68(59)79-66-36-34-52(77-62-30-12-8-26-54(62)55-27-9-13-31-63(55)77)42-60(66)61-43-53(35-37-67(61)79)78-64-32-14-10-28-56(64)57-29-11-15-33-65(57)78/h2-43H. The largest absolute Gasteiger partial charge is 0.309 e. The molecule has 8 nitrogen and oxygen atoms in total. The van der Waals surface area contributed by atoms with Crippen molar-refractivity contribution < 1.29 is 0 Å². The highest BCUT2D eigenvalue weighted by Crippen LogP contribution is 2.46. The minimum Gasteiger partial charge on any atom is -0.309 e. The Morgan fingerprint density at radius 2 is 0.722 bits per heavy atom. The number of benzene rings is 11. The Morgan fingerprint density at radius 3 is 1.18 bits per heavy atom. The molecule has 366 valence electrons. The Bertz CT molecular complexity index is 4640. The van der Waals surface area contributed by atoms with E-state index in [2.05, 4.69) is 182 Å². The molecule has 0 aliphatic carbocycles. The topological polar surface area (TPSA) is 81.6 Å². The van der Waals surface area contributed by atoms with Gasteiger partial charge >= 0.3 is 0 Å². The second kappa shape index (κ2) is 18.3. The van der Waals surface area contributed by atoms with Crippen molar-refractivity contribution in [1.82, 2.24) is 28.7 Å². The Kier molecular flexibility index (Phi) is 10.5. The number of nitriles is 1. The van der Waals surface area contributed by atoms with Gasteiger partial charge in [-0.25, -0.2) is 19.8 Å². The van der Waals surface area contributed by atoms with Crippen molar-refractivity contribution >= 4 is 71.1 Å². The normalized spacial score (nSPS) is 11.5. The van der Waals surface area contributed by atoms with Gasteiger partial charge in [-0.15, -0.1) is 0 Å². The first-order valence-electron chi connectivity index (χ1n) is 26.2. The molecule has 79 heavy (non-hydrogen) atoms. The molecule has 0 saturated carbocycles. The van der Waals surface area contributed by atoms with E-state index in [1.807, 2.05) is 97.1 Å². The molecule has 0 unspecified atom stereocenters. The van der Waals surface area contributed by atoms with Crippen LogP contribution in [-0.2, 0) is 0 Å². The third-order valence-corrected chi connectivity index (χ3v) is 15.3. The molecule has 0 amide bonds. The van der Waals surface area contributed by atoms with Crippen LogP contribution in [0.25, 0.3) is 144 Å². The zero-order valence-corrected chi connectivity index (χ0v) is 42.3. The Morgan fingerprint density at radius 1 is 0.329 bits per heavy atom. The second-order valence-corrected chi connectivity index (χ2v) is 19.8. The van der Waals surface area contributed by atoms with Crippen molar-refractivity contribution in [3.8, 4) is 79.5 Å². The molecule has 4 aromatic heterocycles. The average Bonchev–Trinajstić information content (AvgIpc) is 4.21. The molecule has 8 heteroatoms. The summed E-state index contributed by atoms with van der Waals surface area (Å²) >= 11 is 0. The summed E-state index contributed by atoms with van der Waals surface area (Å²) in [6, 6.07) is 90.5. The minimum atomic E-state index is 0.480. The van der Waals surface area contributed by atoms with Crippen molar-refractivity contribution in [3.63, 3.8) is 0 Å². The fourth-order valence-electron chi connectivity index (χ4n) is 11.8. The predicted molar refractivity (Wildman–Crippen MR) is 321 cm³/mol. The van der Waals surface area contributed by atoms with Crippen molar-refractivity contribution in [1.29, 1.82) is 5.26 Å². The third kappa shape index (κ3) is 7.39. The van der Waals surface area contributed by atoms with E-state index in [1.165, 1.54) is 21.5 Å². The lowest BCUT2D eigenvalue weighted by Gasteiger charge is -2.21. The van der Waals surface area contributed by atoms with Crippen molar-refractivity contribution in [2.45, 2.75) is 0 Å². The van der Waals surface area contributed by atoms with Gasteiger partial charge in [0.25, 0.3) is 0 Å². The van der Waals surface area contributed by atoms with Gasteiger partial charge in [-0.2, -0.15) is 5.26 Å². The molecule has 0 N–H and O–H groups in total. The van der Waals surface area contributed by atoms with Crippen LogP contribution in [0.5, 0.6) is 0 Å². The molecule has 15 rings (SSSR count). The lowest BCUT2D eigenvalue weighted by atomic mass is 9.91. The second-order valence-electron chi connectivity index (χ2n) is 19.8. The van der Waals surface area contributed by atoms with E-state index in [0.29, 0.717) is 28.7 Å². The highest BCUT2D eigenvalue weighted by Gasteiger charge is 2.25. The summed E-state index contributed by atoms with van der Waals surface area (Å²) in [7, 11) is 0. The smallest absolute Gasteiger partial charge is 0.187 e. The first kappa shape index (κ1) is 45.2. The Hall–Kier alpha value is -11.2. The van der Waals surface area contributed by atoms with E-state index in [0.717, 1.165) is 99.9 Å². The predicted octanol–water partition coefficient (Wildman–Crippen LogP) is 17.9. The minimum absolute atomic E-state index is 0.480. The SMILES string of the molecule is [C-]#[N+]c1cccc(-c2cc(-c3nc(-c4ccccc4)nc(-c4ccccc4)n3)cc(-c3cccc(C#N)c3)c2-n2c3ccc(-n4c5ccccc5c5ccccc54)cc3c3cc(-n4c5ccccc5c5ccccc54)ccc32)c1. The van der Waals surface area contributed by atoms with Gasteiger partial charge in [0.2, 0.25) is 0 Å². The Labute approximate surface area is 454 Å². The molecule has 0 fully saturated rings. The van der Waals surface area contributed by atoms with Crippen molar-refractivity contribution in [2.75, 3.05) is 0 Å². The molecule has 4 heterocycles. The zero-order valence-electron chi connectivity index (χ0n) is 42.3. The molecule has 0 saturated heterocycles. The summed E-state index contributed by atoms with van der Waals surface area (Å²) in [4.78, 5) is 19.5. The van der Waals surface area contributed by atoms with Crippen LogP contribution in [0, 0.1) is 17.9 Å². The van der Waals surface area contributed by atoms with Gasteiger partial charge in [0.05, 0.1) is 57.0 Å². The molecule has 0 aliphatic heterocycles. The molecule has 11 aromatic carbocycles. The number of hydrogen-bond donors (Lipinski definition) is 0. The van der Waals surface area contributed by atoms with Crippen LogP contribution in [0.1, 0.15) is 5.56 Å². The maximum absolute atomic E-state index is 10.5. The van der Waals surface area contributed by atoms with Crippen molar-refractivity contribution in [2.24, 2.45) is 0 Å². The number of aromatic nitrogens is 6. The maximum Gasteiger partial charge on any atom is 0.187 e. The molecule has 15 aromatic rings. The van der Waals surface area contributed by atoms with Crippen LogP contribution >= 0.6 is 0 Å². The van der Waals surface area contributed by atoms with Crippen LogP contribution in [0.3, 0.4) is 0 Å². The molecule has 0 bridgehead atoms. The van der Waals surface area contributed by atoms with Crippen LogP contribution < -0.4 is 0 Å². The highest BCUT2D eigenvalue weighted by atomic mass is 15.0. The van der Waals surface area contributed by atoms with E-state index < -0.39 is 0 Å². The van der Waals surface area contributed by atoms with Crippen LogP contribution in [-0.4, -0.2) is 28.7 Å². The number of hydrogen-bond acceptors (Lipinski definition) is 4. The molecule has 0 aliphatic rings. The van der Waals surface area contributed by atoms with Gasteiger partial charge < -0.3 is 13.7 Å². The van der Waals surface area contributed by atoms with Gasteiger partial charge in [-0.05, 0) is 102 Å². The summed E-state index contributed by atoms with van der Waals surface area (Å²) in [6.07, 6.45) is 0. The molecular weight excluding hydrogens is 965 g/mol. The van der Waals surface area contributed by atoms with Crippen LogP contribution in [0.15, 0.2) is 255 Å². The highest BCUT2D eigenvalue weighted by molar-refractivity contribution is 6.15. The summed E-state index contributed by atoms with van der Waals surface area (Å²) in [5.74, 6) is 1.56. The monoisotopic (exact) mass is 1010 g/mol. The van der Waals surface area contributed by atoms with E-state index in [1.54, 1.807) is 0 Å². The van der Waals surface area contributed by atoms with Gasteiger partial charge in [0.1, 0.15) is 0 Å². The fraction of sp³-hybridized carbons (Fsp3) is 0. The summed E-state index contributed by atoms with van der Waals surface area (Å²) in [5.41, 5.74) is 16.2. The molecule has 0 radical (unpaired) electrons. The van der Waals surface area contributed by atoms with Gasteiger partial charge in [-0.1, -0.05) is 164 Å². The summed E-state index contributed by atoms with van der Waals surface area (Å²) < 4.78 is 7.13. The van der Waals surface area contributed by atoms with Crippen LogP contribution in [0.2, 0.25) is 0 Å². The average molecular weight is 1010 g/mol. The number of rotatable bonds is 8. The van der Waals surface area contributed by atoms with E-state index >= 15 is 0 Å². The zero-order chi connectivity index (χ0) is 52.6. The quantitative estimate of drug-likeness (QED) is 0.142. The molecule has 0 spiro atoms.